The quantitative estimate of drug-likeness (QED) is 0.473. The Morgan fingerprint density at radius 3 is 2.50 bits per heavy atom. The molecule has 0 fully saturated rings. The van der Waals surface area contributed by atoms with Crippen LogP contribution in [0.3, 0.4) is 0 Å². The standard InChI is InChI=1S/C26H27N3O7/c1-5-18-23(25(31)34-4)15(2)24(27-18)26(32)36-14-22(30)29-20(21-7-6-12-35-21)13-19(28-29)16-8-10-17(33-3)11-9-16/h6-12,20,27H,5,13-14H2,1-4H3. The van der Waals surface area contributed by atoms with E-state index in [0.29, 0.717) is 46.9 Å². The summed E-state index contributed by atoms with van der Waals surface area (Å²) in [5.41, 5.74) is 2.89. The Hall–Kier alpha value is -4.34. The number of rotatable bonds is 8. The van der Waals surface area contributed by atoms with Crippen molar-refractivity contribution in [1.29, 1.82) is 0 Å². The SMILES string of the molecule is CCc1[nH]c(C(=O)OCC(=O)N2N=C(c3ccc(OC)cc3)CC2c2ccco2)c(C)c1C(=O)OC. The number of furan rings is 1. The van der Waals surface area contributed by atoms with Crippen molar-refractivity contribution in [3.05, 3.63) is 76.5 Å². The van der Waals surface area contributed by atoms with Crippen LogP contribution in [0.15, 0.2) is 52.2 Å². The van der Waals surface area contributed by atoms with Gasteiger partial charge in [-0.25, -0.2) is 14.6 Å². The Morgan fingerprint density at radius 2 is 1.89 bits per heavy atom. The average molecular weight is 494 g/mol. The molecule has 1 aliphatic heterocycles. The highest BCUT2D eigenvalue weighted by Crippen LogP contribution is 2.33. The van der Waals surface area contributed by atoms with Crippen LogP contribution >= 0.6 is 0 Å². The highest BCUT2D eigenvalue weighted by atomic mass is 16.5. The lowest BCUT2D eigenvalue weighted by molar-refractivity contribution is -0.136. The molecule has 1 atom stereocenters. The fourth-order valence-corrected chi connectivity index (χ4v) is 4.17. The number of aromatic nitrogens is 1. The fraction of sp³-hybridized carbons (Fsp3) is 0.308. The number of nitrogens with one attached hydrogen (secondary N) is 1. The number of nitrogens with zero attached hydrogens (tertiary/aromatic N) is 2. The van der Waals surface area contributed by atoms with Crippen molar-refractivity contribution in [1.82, 2.24) is 9.99 Å². The third kappa shape index (κ3) is 4.74. The van der Waals surface area contributed by atoms with Gasteiger partial charge in [0.25, 0.3) is 5.91 Å². The van der Waals surface area contributed by atoms with E-state index in [1.54, 1.807) is 26.2 Å². The number of hydrogen-bond donors (Lipinski definition) is 1. The first-order valence-corrected chi connectivity index (χ1v) is 11.4. The minimum absolute atomic E-state index is 0.103. The Bertz CT molecular complexity index is 1290. The lowest BCUT2D eigenvalue weighted by atomic mass is 10.0. The largest absolute Gasteiger partial charge is 0.497 e. The zero-order valence-corrected chi connectivity index (χ0v) is 20.5. The number of aryl methyl sites for hydroxylation is 1. The van der Waals surface area contributed by atoms with Gasteiger partial charge in [-0.1, -0.05) is 6.92 Å². The van der Waals surface area contributed by atoms with Gasteiger partial charge in [-0.15, -0.1) is 0 Å². The second-order valence-electron chi connectivity index (χ2n) is 8.15. The molecule has 3 aromatic rings. The monoisotopic (exact) mass is 493 g/mol. The fourth-order valence-electron chi connectivity index (χ4n) is 4.17. The number of carbonyl (C=O) groups excluding carboxylic acids is 3. The van der Waals surface area contributed by atoms with E-state index in [1.807, 2.05) is 31.2 Å². The number of esters is 2. The number of ether oxygens (including phenoxy) is 3. The summed E-state index contributed by atoms with van der Waals surface area (Å²) in [6.07, 6.45) is 2.44. The summed E-state index contributed by atoms with van der Waals surface area (Å²) in [4.78, 5) is 41.0. The van der Waals surface area contributed by atoms with Crippen LogP contribution in [0.2, 0.25) is 0 Å². The predicted octanol–water partition coefficient (Wildman–Crippen LogP) is 3.81. The van der Waals surface area contributed by atoms with E-state index in [2.05, 4.69) is 10.1 Å². The molecule has 1 aromatic carbocycles. The molecule has 0 saturated carbocycles. The highest BCUT2D eigenvalue weighted by Gasteiger charge is 2.35. The van der Waals surface area contributed by atoms with Gasteiger partial charge < -0.3 is 23.6 Å². The molecule has 1 amide bonds. The van der Waals surface area contributed by atoms with Crippen LogP contribution in [0, 0.1) is 6.92 Å². The number of methoxy groups -OCH3 is 2. The van der Waals surface area contributed by atoms with Crippen molar-refractivity contribution in [2.45, 2.75) is 32.7 Å². The first kappa shape index (κ1) is 24.8. The van der Waals surface area contributed by atoms with Gasteiger partial charge in [0.1, 0.15) is 23.2 Å². The molecular weight excluding hydrogens is 466 g/mol. The molecule has 10 nitrogen and oxygen atoms in total. The van der Waals surface area contributed by atoms with Crippen LogP contribution in [-0.2, 0) is 20.7 Å². The van der Waals surface area contributed by atoms with Crippen LogP contribution in [0.1, 0.15) is 62.8 Å². The molecule has 2 aromatic heterocycles. The number of aromatic amines is 1. The third-order valence-electron chi connectivity index (χ3n) is 6.06. The first-order valence-electron chi connectivity index (χ1n) is 11.4. The number of benzene rings is 1. The Morgan fingerprint density at radius 1 is 1.14 bits per heavy atom. The van der Waals surface area contributed by atoms with Crippen molar-refractivity contribution < 1.29 is 33.0 Å². The van der Waals surface area contributed by atoms with Gasteiger partial charge in [0.05, 0.1) is 31.8 Å². The molecular formula is C26H27N3O7. The third-order valence-corrected chi connectivity index (χ3v) is 6.06. The lowest BCUT2D eigenvalue weighted by Crippen LogP contribution is -2.31. The predicted molar refractivity (Wildman–Crippen MR) is 129 cm³/mol. The van der Waals surface area contributed by atoms with Crippen molar-refractivity contribution >= 4 is 23.6 Å². The summed E-state index contributed by atoms with van der Waals surface area (Å²) in [5, 5.41) is 5.81. The lowest BCUT2D eigenvalue weighted by Gasteiger charge is -2.19. The maximum absolute atomic E-state index is 13.1. The number of amides is 1. The average Bonchev–Trinajstić information content (AvgIpc) is 3.65. The molecule has 188 valence electrons. The second kappa shape index (κ2) is 10.5. The number of H-pyrrole nitrogens is 1. The molecule has 0 spiro atoms. The summed E-state index contributed by atoms with van der Waals surface area (Å²) >= 11 is 0. The van der Waals surface area contributed by atoms with E-state index in [9.17, 15) is 14.4 Å². The molecule has 10 heteroatoms. The van der Waals surface area contributed by atoms with E-state index in [0.717, 1.165) is 5.56 Å². The van der Waals surface area contributed by atoms with Crippen LogP contribution < -0.4 is 4.74 Å². The molecule has 1 unspecified atom stereocenters. The van der Waals surface area contributed by atoms with Gasteiger partial charge in [0, 0.05) is 12.1 Å². The van der Waals surface area contributed by atoms with Gasteiger partial charge in [-0.3, -0.25) is 4.79 Å². The number of carbonyl (C=O) groups is 3. The molecule has 4 rings (SSSR count). The molecule has 0 aliphatic carbocycles. The maximum Gasteiger partial charge on any atom is 0.355 e. The van der Waals surface area contributed by atoms with Gasteiger partial charge in [-0.2, -0.15) is 5.10 Å². The number of hydrazone groups is 1. The molecule has 1 aliphatic rings. The molecule has 0 radical (unpaired) electrons. The Balaban J connectivity index is 1.52. The van der Waals surface area contributed by atoms with Crippen molar-refractivity contribution in [2.75, 3.05) is 20.8 Å². The van der Waals surface area contributed by atoms with E-state index in [4.69, 9.17) is 18.6 Å². The summed E-state index contributed by atoms with van der Waals surface area (Å²) in [6.45, 7) is 2.93. The zero-order valence-electron chi connectivity index (χ0n) is 20.5. The molecule has 0 saturated heterocycles. The van der Waals surface area contributed by atoms with Crippen LogP contribution in [0.4, 0.5) is 0 Å². The smallest absolute Gasteiger partial charge is 0.355 e. The minimum Gasteiger partial charge on any atom is -0.497 e. The molecule has 1 N–H and O–H groups in total. The van der Waals surface area contributed by atoms with Crippen LogP contribution in [0.25, 0.3) is 0 Å². The van der Waals surface area contributed by atoms with E-state index >= 15 is 0 Å². The zero-order chi connectivity index (χ0) is 25.8. The van der Waals surface area contributed by atoms with Crippen molar-refractivity contribution in [3.63, 3.8) is 0 Å². The summed E-state index contributed by atoms with van der Waals surface area (Å²) in [7, 11) is 2.86. The molecule has 36 heavy (non-hydrogen) atoms. The molecule has 0 bridgehead atoms. The van der Waals surface area contributed by atoms with Crippen LogP contribution in [0.5, 0.6) is 5.75 Å². The minimum atomic E-state index is -0.751. The summed E-state index contributed by atoms with van der Waals surface area (Å²) in [5.74, 6) is -0.534. The van der Waals surface area contributed by atoms with Gasteiger partial charge in [0.2, 0.25) is 0 Å². The van der Waals surface area contributed by atoms with Gasteiger partial charge >= 0.3 is 11.9 Å². The van der Waals surface area contributed by atoms with Crippen molar-refractivity contribution in [2.24, 2.45) is 5.10 Å². The van der Waals surface area contributed by atoms with E-state index in [-0.39, 0.29) is 5.69 Å². The summed E-state index contributed by atoms with van der Waals surface area (Å²) in [6, 6.07) is 10.4. The topological polar surface area (TPSA) is 123 Å². The maximum atomic E-state index is 13.1. The van der Waals surface area contributed by atoms with E-state index in [1.165, 1.54) is 18.4 Å². The summed E-state index contributed by atoms with van der Waals surface area (Å²) < 4.78 is 20.9. The second-order valence-corrected chi connectivity index (χ2v) is 8.15. The van der Waals surface area contributed by atoms with Crippen LogP contribution in [-0.4, -0.2) is 54.4 Å². The first-order chi connectivity index (χ1) is 17.4. The molecule has 3 heterocycles. The highest BCUT2D eigenvalue weighted by molar-refractivity contribution is 6.03. The Labute approximate surface area is 207 Å². The van der Waals surface area contributed by atoms with E-state index < -0.39 is 30.5 Å². The number of hydrogen-bond acceptors (Lipinski definition) is 8. The van der Waals surface area contributed by atoms with Crippen molar-refractivity contribution in [3.8, 4) is 5.75 Å². The Kier molecular flexibility index (Phi) is 7.23. The van der Waals surface area contributed by atoms with Gasteiger partial charge in [0.15, 0.2) is 6.61 Å². The van der Waals surface area contributed by atoms with Gasteiger partial charge in [-0.05, 0) is 60.9 Å². The normalized spacial score (nSPS) is 14.9.